The fraction of sp³-hybridized carbons (Fsp3) is 0.909. The molecule has 3 heteroatoms. The van der Waals surface area contributed by atoms with Crippen LogP contribution in [0.25, 0.3) is 0 Å². The molecular formula is C11H21N3. The van der Waals surface area contributed by atoms with Gasteiger partial charge in [-0.15, -0.1) is 0 Å². The molecule has 0 saturated carbocycles. The van der Waals surface area contributed by atoms with Crippen LogP contribution in [0.1, 0.15) is 32.6 Å². The van der Waals surface area contributed by atoms with Crippen molar-refractivity contribution >= 4 is 0 Å². The molecule has 80 valence electrons. The minimum absolute atomic E-state index is 0.0415. The zero-order valence-corrected chi connectivity index (χ0v) is 9.13. The molecule has 1 rings (SSSR count). The van der Waals surface area contributed by atoms with Crippen molar-refractivity contribution in [2.24, 2.45) is 0 Å². The molecule has 1 heterocycles. The summed E-state index contributed by atoms with van der Waals surface area (Å²) in [6.07, 6.45) is 4.97. The van der Waals surface area contributed by atoms with Gasteiger partial charge < -0.3 is 10.2 Å². The van der Waals surface area contributed by atoms with E-state index in [0.29, 0.717) is 0 Å². The van der Waals surface area contributed by atoms with Crippen molar-refractivity contribution in [3.8, 4) is 6.07 Å². The average Bonchev–Trinajstić information content (AvgIpc) is 2.26. The fourth-order valence-corrected chi connectivity index (χ4v) is 1.86. The molecule has 1 fully saturated rings. The molecule has 0 spiro atoms. The zero-order valence-electron chi connectivity index (χ0n) is 9.13. The summed E-state index contributed by atoms with van der Waals surface area (Å²) in [5.74, 6) is 0. The van der Waals surface area contributed by atoms with E-state index >= 15 is 0 Å². The quantitative estimate of drug-likeness (QED) is 0.720. The van der Waals surface area contributed by atoms with Gasteiger partial charge in [0, 0.05) is 13.1 Å². The van der Waals surface area contributed by atoms with Crippen LogP contribution < -0.4 is 5.32 Å². The van der Waals surface area contributed by atoms with Crippen molar-refractivity contribution < 1.29 is 0 Å². The third-order valence-corrected chi connectivity index (χ3v) is 2.83. The van der Waals surface area contributed by atoms with Crippen molar-refractivity contribution in [1.82, 2.24) is 10.2 Å². The largest absolute Gasteiger partial charge is 0.302 e. The Balaban J connectivity index is 2.05. The summed E-state index contributed by atoms with van der Waals surface area (Å²) in [5, 5.41) is 12.0. The number of nitrogens with zero attached hydrogens (tertiary/aromatic N) is 2. The smallest absolute Gasteiger partial charge is 0.0950 e. The summed E-state index contributed by atoms with van der Waals surface area (Å²) in [6, 6.07) is 2.30. The van der Waals surface area contributed by atoms with Gasteiger partial charge in [-0.05, 0) is 32.4 Å². The Hall–Kier alpha value is -0.590. The van der Waals surface area contributed by atoms with E-state index in [2.05, 4.69) is 16.3 Å². The first kappa shape index (κ1) is 11.5. The predicted molar refractivity (Wildman–Crippen MR) is 58.0 cm³/mol. The first-order chi connectivity index (χ1) is 6.86. The number of hydrogen-bond donors (Lipinski definition) is 1. The van der Waals surface area contributed by atoms with Crippen molar-refractivity contribution in [3.05, 3.63) is 0 Å². The van der Waals surface area contributed by atoms with Gasteiger partial charge in [0.25, 0.3) is 0 Å². The van der Waals surface area contributed by atoms with Crippen molar-refractivity contribution in [2.75, 3.05) is 26.2 Å². The molecule has 0 aromatic carbocycles. The van der Waals surface area contributed by atoms with E-state index in [1.807, 2.05) is 6.92 Å². The minimum Gasteiger partial charge on any atom is -0.302 e. The molecule has 0 aromatic heterocycles. The number of nitriles is 1. The topological polar surface area (TPSA) is 39.1 Å². The number of hydrogen-bond acceptors (Lipinski definition) is 3. The number of likely N-dealkylation sites (tertiary alicyclic amines) is 1. The Labute approximate surface area is 87.1 Å². The summed E-state index contributed by atoms with van der Waals surface area (Å²) in [7, 11) is 0. The highest BCUT2D eigenvalue weighted by molar-refractivity contribution is 4.88. The Morgan fingerprint density at radius 3 is 2.64 bits per heavy atom. The van der Waals surface area contributed by atoms with Gasteiger partial charge in [-0.2, -0.15) is 5.26 Å². The second kappa shape index (κ2) is 6.80. The number of nitrogens with one attached hydrogen (secondary N) is 1. The Bertz CT molecular complexity index is 179. The van der Waals surface area contributed by atoms with Gasteiger partial charge in [0.05, 0.1) is 12.1 Å². The highest BCUT2D eigenvalue weighted by Gasteiger charge is 2.09. The monoisotopic (exact) mass is 195 g/mol. The van der Waals surface area contributed by atoms with Crippen LogP contribution >= 0.6 is 0 Å². The maximum atomic E-state index is 8.74. The van der Waals surface area contributed by atoms with Crippen LogP contribution in [-0.2, 0) is 0 Å². The lowest BCUT2D eigenvalue weighted by Crippen LogP contribution is -2.38. The molecule has 0 radical (unpaired) electrons. The molecule has 0 aromatic rings. The highest BCUT2D eigenvalue weighted by Crippen LogP contribution is 2.07. The summed E-state index contributed by atoms with van der Waals surface area (Å²) in [5.41, 5.74) is 0. The van der Waals surface area contributed by atoms with Crippen LogP contribution in [-0.4, -0.2) is 37.1 Å². The van der Waals surface area contributed by atoms with E-state index in [1.165, 1.54) is 32.4 Å². The maximum absolute atomic E-state index is 8.74. The SMILES string of the molecule is CCC(C#N)NCCN1CCCCC1. The molecule has 0 bridgehead atoms. The summed E-state index contributed by atoms with van der Waals surface area (Å²) >= 11 is 0. The normalized spacial score (nSPS) is 20.3. The van der Waals surface area contributed by atoms with Crippen LogP contribution in [0.4, 0.5) is 0 Å². The molecule has 1 N–H and O–H groups in total. The second-order valence-electron chi connectivity index (χ2n) is 3.95. The molecule has 1 aliphatic heterocycles. The van der Waals surface area contributed by atoms with Gasteiger partial charge >= 0.3 is 0 Å². The molecule has 0 aliphatic carbocycles. The van der Waals surface area contributed by atoms with Crippen LogP contribution in [0.5, 0.6) is 0 Å². The molecular weight excluding hydrogens is 174 g/mol. The van der Waals surface area contributed by atoms with Gasteiger partial charge in [0.1, 0.15) is 0 Å². The van der Waals surface area contributed by atoms with Gasteiger partial charge in [-0.3, -0.25) is 0 Å². The van der Waals surface area contributed by atoms with Crippen LogP contribution in [0.3, 0.4) is 0 Å². The van der Waals surface area contributed by atoms with Crippen molar-refractivity contribution in [3.63, 3.8) is 0 Å². The van der Waals surface area contributed by atoms with Crippen LogP contribution in [0, 0.1) is 11.3 Å². The van der Waals surface area contributed by atoms with E-state index in [1.54, 1.807) is 0 Å². The van der Waals surface area contributed by atoms with Gasteiger partial charge in [0.15, 0.2) is 0 Å². The third-order valence-electron chi connectivity index (χ3n) is 2.83. The van der Waals surface area contributed by atoms with Gasteiger partial charge in [-0.1, -0.05) is 13.3 Å². The molecule has 1 atom stereocenters. The minimum atomic E-state index is 0.0415. The molecule has 3 nitrogen and oxygen atoms in total. The lowest BCUT2D eigenvalue weighted by Gasteiger charge is -2.26. The molecule has 1 aliphatic rings. The Kier molecular flexibility index (Phi) is 5.58. The maximum Gasteiger partial charge on any atom is 0.0950 e. The van der Waals surface area contributed by atoms with Crippen molar-refractivity contribution in [2.45, 2.75) is 38.6 Å². The van der Waals surface area contributed by atoms with Crippen LogP contribution in [0.2, 0.25) is 0 Å². The number of rotatable bonds is 5. The standard InChI is InChI=1S/C11H21N3/c1-2-11(10-12)13-6-9-14-7-4-3-5-8-14/h11,13H,2-9H2,1H3. The number of piperidine rings is 1. The molecule has 0 amide bonds. The van der Waals surface area contributed by atoms with Crippen molar-refractivity contribution in [1.29, 1.82) is 5.26 Å². The summed E-state index contributed by atoms with van der Waals surface area (Å²) in [6.45, 7) is 6.57. The second-order valence-corrected chi connectivity index (χ2v) is 3.95. The third kappa shape index (κ3) is 4.08. The Morgan fingerprint density at radius 2 is 2.07 bits per heavy atom. The first-order valence-electron chi connectivity index (χ1n) is 5.72. The van der Waals surface area contributed by atoms with Gasteiger partial charge in [0.2, 0.25) is 0 Å². The average molecular weight is 195 g/mol. The predicted octanol–water partition coefficient (Wildman–Crippen LogP) is 1.36. The zero-order chi connectivity index (χ0) is 10.2. The highest BCUT2D eigenvalue weighted by atomic mass is 15.1. The van der Waals surface area contributed by atoms with E-state index in [9.17, 15) is 0 Å². The first-order valence-corrected chi connectivity index (χ1v) is 5.72. The van der Waals surface area contributed by atoms with Gasteiger partial charge in [-0.25, -0.2) is 0 Å². The van der Waals surface area contributed by atoms with Crippen LogP contribution in [0.15, 0.2) is 0 Å². The Morgan fingerprint density at radius 1 is 1.36 bits per heavy atom. The van der Waals surface area contributed by atoms with E-state index < -0.39 is 0 Å². The van der Waals surface area contributed by atoms with E-state index in [0.717, 1.165) is 19.5 Å². The van der Waals surface area contributed by atoms with E-state index in [-0.39, 0.29) is 6.04 Å². The lowest BCUT2D eigenvalue weighted by molar-refractivity contribution is 0.227. The van der Waals surface area contributed by atoms with E-state index in [4.69, 9.17) is 5.26 Å². The fourth-order valence-electron chi connectivity index (χ4n) is 1.86. The summed E-state index contributed by atoms with van der Waals surface area (Å²) < 4.78 is 0. The lowest BCUT2D eigenvalue weighted by atomic mass is 10.1. The molecule has 1 saturated heterocycles. The summed E-state index contributed by atoms with van der Waals surface area (Å²) in [4.78, 5) is 2.49. The molecule has 1 unspecified atom stereocenters. The molecule has 14 heavy (non-hydrogen) atoms.